The van der Waals surface area contributed by atoms with Crippen molar-refractivity contribution in [1.29, 1.82) is 5.41 Å². The molecule has 1 atom stereocenters. The molecule has 0 aliphatic carbocycles. The molecule has 2 aromatic rings. The van der Waals surface area contributed by atoms with Gasteiger partial charge in [0.2, 0.25) is 0 Å². The predicted molar refractivity (Wildman–Crippen MR) is 118 cm³/mol. The van der Waals surface area contributed by atoms with Crippen LogP contribution >= 0.6 is 0 Å². The molecule has 0 amide bonds. The summed E-state index contributed by atoms with van der Waals surface area (Å²) in [5.74, 6) is 0.869. The van der Waals surface area contributed by atoms with E-state index in [2.05, 4.69) is 65.6 Å². The molecule has 1 heterocycles. The second-order valence-electron chi connectivity index (χ2n) is 7.37. The molecule has 4 nitrogen and oxygen atoms in total. The molecule has 1 aliphatic rings. The van der Waals surface area contributed by atoms with Gasteiger partial charge in [0.25, 0.3) is 0 Å². The molecule has 1 aliphatic heterocycles. The highest BCUT2D eigenvalue weighted by Crippen LogP contribution is 2.16. The van der Waals surface area contributed by atoms with Gasteiger partial charge in [-0.3, -0.25) is 5.41 Å². The lowest BCUT2D eigenvalue weighted by Gasteiger charge is -2.20. The van der Waals surface area contributed by atoms with Gasteiger partial charge in [-0.1, -0.05) is 67.3 Å². The number of likely N-dealkylation sites (tertiary alicyclic amines) is 1. The van der Waals surface area contributed by atoms with Crippen molar-refractivity contribution >= 4 is 5.71 Å². The topological polar surface area (TPSA) is 51.2 Å². The van der Waals surface area contributed by atoms with Crippen molar-refractivity contribution in [2.75, 3.05) is 27.2 Å². The van der Waals surface area contributed by atoms with E-state index in [9.17, 15) is 0 Å². The van der Waals surface area contributed by atoms with Crippen molar-refractivity contribution in [3.05, 3.63) is 95.3 Å². The number of nitrogens with one attached hydrogen (secondary N) is 3. The average molecular weight is 375 g/mol. The smallest absolute Gasteiger partial charge is 0.108 e. The van der Waals surface area contributed by atoms with Crippen LogP contribution in [0.25, 0.3) is 0 Å². The third-order valence-corrected chi connectivity index (χ3v) is 5.23. The van der Waals surface area contributed by atoms with Crippen LogP contribution in [0.3, 0.4) is 0 Å². The summed E-state index contributed by atoms with van der Waals surface area (Å²) in [5.41, 5.74) is 4.70. The third-order valence-electron chi connectivity index (χ3n) is 5.23. The number of likely N-dealkylation sites (N-methyl/N-ethyl adjacent to an activating group) is 1. The van der Waals surface area contributed by atoms with Gasteiger partial charge < -0.3 is 15.5 Å². The maximum Gasteiger partial charge on any atom is 0.108 e. The zero-order chi connectivity index (χ0) is 19.9. The summed E-state index contributed by atoms with van der Waals surface area (Å²) in [6, 6.07) is 19.1. The minimum atomic E-state index is 0.392. The Bertz CT molecular complexity index is 837. The van der Waals surface area contributed by atoms with Crippen LogP contribution in [0.4, 0.5) is 0 Å². The van der Waals surface area contributed by atoms with Gasteiger partial charge in [0.1, 0.15) is 5.82 Å². The lowest BCUT2D eigenvalue weighted by Crippen LogP contribution is -2.37. The highest BCUT2D eigenvalue weighted by Gasteiger charge is 2.21. The van der Waals surface area contributed by atoms with Gasteiger partial charge in [0.15, 0.2) is 0 Å². The Morgan fingerprint density at radius 3 is 2.39 bits per heavy atom. The normalized spacial score (nSPS) is 17.7. The minimum Gasteiger partial charge on any atom is -0.374 e. The van der Waals surface area contributed by atoms with E-state index >= 15 is 0 Å². The Hall–Kier alpha value is -2.85. The summed E-state index contributed by atoms with van der Waals surface area (Å²) in [7, 11) is 4.03. The van der Waals surface area contributed by atoms with Gasteiger partial charge >= 0.3 is 0 Å². The molecular weight excluding hydrogens is 344 g/mol. The molecule has 4 heteroatoms. The standard InChI is InChI=1S/C24H30N4/c1-4-22(24(26-2)27-21-14-15-28(3)17-21)23(25)20-12-10-19(11-13-20)16-18-8-6-5-7-9-18/h4-13,21,25-27H,1,14-17H2,2-3H3/b24-22-,25-23?. The third kappa shape index (κ3) is 4.90. The summed E-state index contributed by atoms with van der Waals surface area (Å²) >= 11 is 0. The maximum absolute atomic E-state index is 8.71. The first kappa shape index (κ1) is 19.9. The molecule has 3 rings (SSSR count). The number of nitrogens with zero attached hydrogens (tertiary/aromatic N) is 1. The van der Waals surface area contributed by atoms with E-state index in [1.54, 1.807) is 6.08 Å². The number of hydrogen-bond donors (Lipinski definition) is 3. The molecule has 1 saturated heterocycles. The van der Waals surface area contributed by atoms with Gasteiger partial charge in [-0.05, 0) is 37.6 Å². The fourth-order valence-corrected chi connectivity index (χ4v) is 3.65. The first-order valence-corrected chi connectivity index (χ1v) is 9.82. The Morgan fingerprint density at radius 1 is 1.14 bits per heavy atom. The Balaban J connectivity index is 1.75. The van der Waals surface area contributed by atoms with E-state index in [0.29, 0.717) is 11.8 Å². The average Bonchev–Trinajstić information content (AvgIpc) is 3.13. The molecular formula is C24H30N4. The zero-order valence-corrected chi connectivity index (χ0v) is 16.8. The summed E-state index contributed by atoms with van der Waals surface area (Å²) in [6.45, 7) is 6.06. The molecule has 0 aromatic heterocycles. The van der Waals surface area contributed by atoms with E-state index in [1.165, 1.54) is 11.1 Å². The molecule has 1 unspecified atom stereocenters. The maximum atomic E-state index is 8.71. The quantitative estimate of drug-likeness (QED) is 0.489. The van der Waals surface area contributed by atoms with Crippen molar-refractivity contribution in [3.8, 4) is 0 Å². The Labute approximate surface area is 168 Å². The van der Waals surface area contributed by atoms with Crippen LogP contribution in [0.15, 0.2) is 78.6 Å². The van der Waals surface area contributed by atoms with E-state index in [1.807, 2.05) is 25.2 Å². The molecule has 0 spiro atoms. The van der Waals surface area contributed by atoms with Gasteiger partial charge in [-0.25, -0.2) is 0 Å². The van der Waals surface area contributed by atoms with Crippen molar-refractivity contribution in [2.24, 2.45) is 0 Å². The van der Waals surface area contributed by atoms with Crippen molar-refractivity contribution in [3.63, 3.8) is 0 Å². The lowest BCUT2D eigenvalue weighted by molar-refractivity contribution is 0.402. The molecule has 0 radical (unpaired) electrons. The molecule has 0 bridgehead atoms. The number of benzene rings is 2. The second-order valence-corrected chi connectivity index (χ2v) is 7.37. The molecule has 1 fully saturated rings. The largest absolute Gasteiger partial charge is 0.374 e. The molecule has 2 aromatic carbocycles. The SMILES string of the molecule is C=C/C(C(=N)c1ccc(Cc2ccccc2)cc1)=C(\NC)NC1CCN(C)C1. The van der Waals surface area contributed by atoms with Gasteiger partial charge in [-0.15, -0.1) is 0 Å². The van der Waals surface area contributed by atoms with E-state index in [0.717, 1.165) is 42.9 Å². The van der Waals surface area contributed by atoms with E-state index < -0.39 is 0 Å². The summed E-state index contributed by atoms with van der Waals surface area (Å²) in [6.07, 6.45) is 3.77. The second kappa shape index (κ2) is 9.38. The Kier molecular flexibility index (Phi) is 6.66. The fourth-order valence-electron chi connectivity index (χ4n) is 3.65. The van der Waals surface area contributed by atoms with Crippen molar-refractivity contribution < 1.29 is 0 Å². The highest BCUT2D eigenvalue weighted by molar-refractivity contribution is 6.12. The molecule has 146 valence electrons. The predicted octanol–water partition coefficient (Wildman–Crippen LogP) is 3.56. The van der Waals surface area contributed by atoms with Gasteiger partial charge in [0.05, 0.1) is 5.71 Å². The molecule has 0 saturated carbocycles. The van der Waals surface area contributed by atoms with Crippen molar-refractivity contribution in [2.45, 2.75) is 18.9 Å². The minimum absolute atomic E-state index is 0.392. The van der Waals surface area contributed by atoms with E-state index in [4.69, 9.17) is 5.41 Å². The Morgan fingerprint density at radius 2 is 1.82 bits per heavy atom. The van der Waals surface area contributed by atoms with Gasteiger partial charge in [-0.2, -0.15) is 0 Å². The summed E-state index contributed by atoms with van der Waals surface area (Å²) < 4.78 is 0. The molecule has 28 heavy (non-hydrogen) atoms. The first-order valence-electron chi connectivity index (χ1n) is 9.82. The zero-order valence-electron chi connectivity index (χ0n) is 16.8. The fraction of sp³-hybridized carbons (Fsp3) is 0.292. The number of hydrogen-bond acceptors (Lipinski definition) is 4. The lowest BCUT2D eigenvalue weighted by atomic mass is 9.98. The highest BCUT2D eigenvalue weighted by atomic mass is 15.2. The van der Waals surface area contributed by atoms with Crippen LogP contribution in [-0.4, -0.2) is 43.8 Å². The first-order chi connectivity index (χ1) is 13.6. The van der Waals surface area contributed by atoms with Crippen LogP contribution in [0.2, 0.25) is 0 Å². The van der Waals surface area contributed by atoms with Crippen LogP contribution in [-0.2, 0) is 6.42 Å². The number of rotatable bonds is 8. The van der Waals surface area contributed by atoms with E-state index in [-0.39, 0.29) is 0 Å². The van der Waals surface area contributed by atoms with Gasteiger partial charge in [0, 0.05) is 30.8 Å². The van der Waals surface area contributed by atoms with Crippen LogP contribution in [0.5, 0.6) is 0 Å². The summed E-state index contributed by atoms with van der Waals surface area (Å²) in [4.78, 5) is 2.31. The number of allylic oxidation sites excluding steroid dienone is 2. The summed E-state index contributed by atoms with van der Waals surface area (Å²) in [5, 5.41) is 15.5. The van der Waals surface area contributed by atoms with Crippen LogP contribution in [0, 0.1) is 5.41 Å². The van der Waals surface area contributed by atoms with Crippen LogP contribution in [0.1, 0.15) is 23.1 Å². The van der Waals surface area contributed by atoms with Crippen molar-refractivity contribution in [1.82, 2.24) is 15.5 Å². The monoisotopic (exact) mass is 374 g/mol. The molecule has 3 N–H and O–H groups in total. The van der Waals surface area contributed by atoms with Crippen LogP contribution < -0.4 is 10.6 Å².